The van der Waals surface area contributed by atoms with E-state index in [1.54, 1.807) is 12.1 Å². The maximum atomic E-state index is 13.6. The number of nitrogens with one attached hydrogen (secondary N) is 1. The van der Waals surface area contributed by atoms with Crippen LogP contribution in [0.4, 0.5) is 15.8 Å². The number of halogens is 4. The Kier molecular flexibility index (Phi) is 14.7. The Balaban J connectivity index is 0.00000208. The van der Waals surface area contributed by atoms with E-state index in [9.17, 15) is 9.18 Å². The van der Waals surface area contributed by atoms with E-state index >= 15 is 0 Å². The van der Waals surface area contributed by atoms with Crippen molar-refractivity contribution < 1.29 is 9.18 Å². The third kappa shape index (κ3) is 9.49. The summed E-state index contributed by atoms with van der Waals surface area (Å²) in [5.74, 6) is 0.521. The topological polar surface area (TPSA) is 54.4 Å². The van der Waals surface area contributed by atoms with Gasteiger partial charge in [-0.1, -0.05) is 72.8 Å². The molecule has 0 saturated carbocycles. The number of carbonyl (C=O) groups excluding carboxylic acids is 1. The van der Waals surface area contributed by atoms with Crippen LogP contribution in [0, 0.1) is 5.82 Å². The summed E-state index contributed by atoms with van der Waals surface area (Å²) in [7, 11) is 4.22. The van der Waals surface area contributed by atoms with E-state index in [1.165, 1.54) is 12.1 Å². The summed E-state index contributed by atoms with van der Waals surface area (Å²) in [6.45, 7) is 6.04. The smallest absolute Gasteiger partial charge is 0.222 e. The van der Waals surface area contributed by atoms with Gasteiger partial charge in [0, 0.05) is 57.1 Å². The quantitative estimate of drug-likeness (QED) is 0.199. The Bertz CT molecular complexity index is 1610. The fraction of sp³-hybridized carbons (Fsp3) is 0.297. The molecule has 1 unspecified atom stereocenters. The molecule has 48 heavy (non-hydrogen) atoms. The molecule has 1 fully saturated rings. The van der Waals surface area contributed by atoms with Crippen molar-refractivity contribution in [2.24, 2.45) is 4.99 Å². The Morgan fingerprint density at radius 2 is 1.44 bits per heavy atom. The zero-order chi connectivity index (χ0) is 31.2. The maximum absolute atomic E-state index is 13.6. The van der Waals surface area contributed by atoms with E-state index in [0.717, 1.165) is 78.9 Å². The van der Waals surface area contributed by atoms with Crippen LogP contribution >= 0.6 is 37.2 Å². The minimum Gasteiger partial charge on any atom is -0.352 e. The number of likely N-dealkylation sites (N-methyl/N-ethyl adjacent to an activating group) is 1. The van der Waals surface area contributed by atoms with E-state index in [2.05, 4.69) is 81.5 Å². The van der Waals surface area contributed by atoms with E-state index < -0.39 is 0 Å². The Morgan fingerprint density at radius 1 is 0.812 bits per heavy atom. The van der Waals surface area contributed by atoms with Gasteiger partial charge in [0.1, 0.15) is 5.82 Å². The van der Waals surface area contributed by atoms with E-state index in [1.807, 2.05) is 36.4 Å². The summed E-state index contributed by atoms with van der Waals surface area (Å²) in [6, 6.07) is 33.1. The molecule has 0 bridgehead atoms. The zero-order valence-electron chi connectivity index (χ0n) is 27.3. The van der Waals surface area contributed by atoms with Crippen LogP contribution in [-0.2, 0) is 11.3 Å². The Hall–Kier alpha value is -3.66. The van der Waals surface area contributed by atoms with Gasteiger partial charge in [0.15, 0.2) is 0 Å². The van der Waals surface area contributed by atoms with Gasteiger partial charge in [-0.15, -0.1) is 37.2 Å². The van der Waals surface area contributed by atoms with Crippen LogP contribution in [0.2, 0.25) is 0 Å². The lowest BCUT2D eigenvalue weighted by atomic mass is 9.96. The number of benzene rings is 4. The summed E-state index contributed by atoms with van der Waals surface area (Å²) in [5.41, 5.74) is 6.07. The first-order valence-corrected chi connectivity index (χ1v) is 15.7. The lowest BCUT2D eigenvalue weighted by Gasteiger charge is -2.45. The average Bonchev–Trinajstić information content (AvgIpc) is 3.07. The number of rotatable bonds is 9. The summed E-state index contributed by atoms with van der Waals surface area (Å²) >= 11 is 0. The fourth-order valence-electron chi connectivity index (χ4n) is 6.04. The number of nitrogens with zero attached hydrogens (tertiary/aromatic N) is 5. The molecule has 0 spiro atoms. The lowest BCUT2D eigenvalue weighted by molar-refractivity contribution is -0.121. The highest BCUT2D eigenvalue weighted by atomic mass is 35.5. The van der Waals surface area contributed by atoms with Gasteiger partial charge in [-0.05, 0) is 61.1 Å². The number of fused-ring (bicyclic) bond motifs is 1. The van der Waals surface area contributed by atoms with Gasteiger partial charge in [0.05, 0.1) is 18.2 Å². The van der Waals surface area contributed by atoms with Crippen LogP contribution in [0.3, 0.4) is 0 Å². The number of aliphatic imine (C=N–C) groups is 1. The second-order valence-electron chi connectivity index (χ2n) is 12.0. The number of para-hydroxylation sites is 1. The van der Waals surface area contributed by atoms with Crippen LogP contribution in [-0.4, -0.2) is 79.9 Å². The first-order valence-electron chi connectivity index (χ1n) is 15.7. The molecule has 6 rings (SSSR count). The van der Waals surface area contributed by atoms with Crippen molar-refractivity contribution in [2.45, 2.75) is 19.0 Å². The average molecular weight is 714 g/mol. The molecule has 2 heterocycles. The number of amides is 1. The molecule has 4 aromatic carbocycles. The predicted molar refractivity (Wildman–Crippen MR) is 202 cm³/mol. The predicted octanol–water partition coefficient (Wildman–Crippen LogP) is 7.19. The van der Waals surface area contributed by atoms with Crippen LogP contribution in [0.25, 0.3) is 11.1 Å². The minimum atomic E-state index is -0.289. The van der Waals surface area contributed by atoms with Crippen molar-refractivity contribution in [1.82, 2.24) is 20.0 Å². The highest BCUT2D eigenvalue weighted by Crippen LogP contribution is 2.41. The molecule has 2 aliphatic heterocycles. The van der Waals surface area contributed by atoms with E-state index in [0.29, 0.717) is 6.54 Å². The monoisotopic (exact) mass is 712 g/mol. The fourth-order valence-corrected chi connectivity index (χ4v) is 6.04. The van der Waals surface area contributed by atoms with Crippen molar-refractivity contribution in [3.63, 3.8) is 0 Å². The second-order valence-corrected chi connectivity index (χ2v) is 12.0. The molecule has 0 aliphatic carbocycles. The molecule has 1 saturated heterocycles. The molecule has 2 aliphatic rings. The van der Waals surface area contributed by atoms with Crippen molar-refractivity contribution >= 4 is 60.5 Å². The van der Waals surface area contributed by atoms with Gasteiger partial charge in [-0.3, -0.25) is 9.69 Å². The van der Waals surface area contributed by atoms with Gasteiger partial charge in [-0.2, -0.15) is 0 Å². The highest BCUT2D eigenvalue weighted by Gasteiger charge is 2.36. The number of hydrogen-bond acceptors (Lipinski definition) is 6. The van der Waals surface area contributed by atoms with Crippen molar-refractivity contribution in [2.75, 3.05) is 58.3 Å². The van der Waals surface area contributed by atoms with Gasteiger partial charge in [-0.25, -0.2) is 9.38 Å². The molecule has 256 valence electrons. The summed E-state index contributed by atoms with van der Waals surface area (Å²) in [4.78, 5) is 28.2. The molecule has 0 radical (unpaired) electrons. The van der Waals surface area contributed by atoms with Gasteiger partial charge in [0.2, 0.25) is 11.9 Å². The van der Waals surface area contributed by atoms with Crippen molar-refractivity contribution in [3.05, 3.63) is 120 Å². The molecular formula is C37H44Cl3FN6O. The van der Waals surface area contributed by atoms with Gasteiger partial charge >= 0.3 is 0 Å². The van der Waals surface area contributed by atoms with Crippen molar-refractivity contribution in [1.29, 1.82) is 0 Å². The number of piperazine rings is 1. The first kappa shape index (κ1) is 38.8. The van der Waals surface area contributed by atoms with Crippen LogP contribution in [0.5, 0.6) is 0 Å². The molecular weight excluding hydrogens is 670 g/mol. The summed E-state index contributed by atoms with van der Waals surface area (Å²) < 4.78 is 13.4. The van der Waals surface area contributed by atoms with Crippen molar-refractivity contribution in [3.8, 4) is 11.1 Å². The van der Waals surface area contributed by atoms with E-state index in [4.69, 9.17) is 4.99 Å². The molecule has 1 N–H and O–H groups in total. The second kappa shape index (κ2) is 18.2. The molecule has 11 heteroatoms. The largest absolute Gasteiger partial charge is 0.352 e. The summed E-state index contributed by atoms with van der Waals surface area (Å²) in [6.07, 6.45) is 0.250. The highest BCUT2D eigenvalue weighted by molar-refractivity contribution is 6.01. The van der Waals surface area contributed by atoms with Crippen LogP contribution in [0.1, 0.15) is 23.6 Å². The van der Waals surface area contributed by atoms with Crippen LogP contribution in [0.15, 0.2) is 108 Å². The number of hydrogen-bond donors (Lipinski definition) is 1. The standard InChI is InChI=1S/C37H41FN6O.3ClH/c1-41(2)20-21-42-22-24-43(25-23-42)37-40-34-11-7-6-10-33(34)35(26-36(45)39-27-28-12-16-31(38)17-13-28)44(37)32-18-14-30(15-19-32)29-8-4-3-5-9-29;;;/h3-19,35H,20-27H2,1-2H3,(H,39,45);3*1H. The molecule has 4 aromatic rings. The first-order chi connectivity index (χ1) is 21.9. The molecule has 1 atom stereocenters. The Morgan fingerprint density at radius 3 is 2.10 bits per heavy atom. The molecule has 1 amide bonds. The van der Waals surface area contributed by atoms with Gasteiger partial charge < -0.3 is 20.0 Å². The SMILES string of the molecule is CN(C)CCN1CCN(C2=Nc3ccccc3C(CC(=O)NCc3ccc(F)cc3)N2c2ccc(-c3ccccc3)cc2)CC1.Cl.Cl.Cl. The van der Waals surface area contributed by atoms with Gasteiger partial charge in [0.25, 0.3) is 0 Å². The molecule has 7 nitrogen and oxygen atoms in total. The Labute approximate surface area is 302 Å². The maximum Gasteiger partial charge on any atom is 0.222 e. The third-order valence-corrected chi connectivity index (χ3v) is 8.60. The minimum absolute atomic E-state index is 0. The molecule has 0 aromatic heterocycles. The lowest BCUT2D eigenvalue weighted by Crippen LogP contribution is -2.56. The van der Waals surface area contributed by atoms with E-state index in [-0.39, 0.29) is 61.4 Å². The van der Waals surface area contributed by atoms with Crippen LogP contribution < -0.4 is 10.2 Å². The summed E-state index contributed by atoms with van der Waals surface area (Å²) in [5, 5.41) is 3.07. The number of carbonyl (C=O) groups is 1. The number of anilines is 1. The third-order valence-electron chi connectivity index (χ3n) is 8.60. The zero-order valence-corrected chi connectivity index (χ0v) is 29.7. The number of guanidine groups is 1. The normalized spacial score (nSPS) is 15.8.